The number of hydrogen-bond donors (Lipinski definition) is 0. The van der Waals surface area contributed by atoms with Gasteiger partial charge in [0.2, 0.25) is 0 Å². The van der Waals surface area contributed by atoms with Crippen LogP contribution in [0.25, 0.3) is 0 Å². The van der Waals surface area contributed by atoms with Crippen LogP contribution in [0.15, 0.2) is 48.7 Å². The maximum Gasteiger partial charge on any atom is 0.355 e. The molecule has 0 saturated carbocycles. The Morgan fingerprint density at radius 1 is 1.00 bits per heavy atom. The van der Waals surface area contributed by atoms with Crippen molar-refractivity contribution in [2.75, 3.05) is 0 Å². The van der Waals surface area contributed by atoms with Gasteiger partial charge in [-0.15, -0.1) is 0 Å². The normalized spacial score (nSPS) is 13.6. The highest BCUT2D eigenvalue weighted by molar-refractivity contribution is 5.91. The van der Waals surface area contributed by atoms with Gasteiger partial charge in [-0.1, -0.05) is 44.2 Å². The smallest absolute Gasteiger partial charge is 0.355 e. The van der Waals surface area contributed by atoms with Gasteiger partial charge in [-0.2, -0.15) is 0 Å². The standard InChI is InChI=1S/C19H23NO3/c1-13(2)18(15(4)21)23-19(22)17-11-8-12-20(17)14(3)16-9-6-5-7-10-16/h5-14,18H,1-4H3/t14-,18+/m1/s1. The summed E-state index contributed by atoms with van der Waals surface area (Å²) in [6, 6.07) is 13.5. The van der Waals surface area contributed by atoms with E-state index in [1.165, 1.54) is 6.92 Å². The van der Waals surface area contributed by atoms with Gasteiger partial charge >= 0.3 is 5.97 Å². The van der Waals surface area contributed by atoms with Gasteiger partial charge in [0.05, 0.1) is 6.04 Å². The molecule has 0 bridgehead atoms. The van der Waals surface area contributed by atoms with Crippen molar-refractivity contribution >= 4 is 11.8 Å². The second-order valence-corrected chi connectivity index (χ2v) is 6.07. The molecule has 0 aliphatic rings. The van der Waals surface area contributed by atoms with Gasteiger partial charge in [0.25, 0.3) is 0 Å². The van der Waals surface area contributed by atoms with E-state index in [-0.39, 0.29) is 17.7 Å². The van der Waals surface area contributed by atoms with Gasteiger partial charge in [0, 0.05) is 6.20 Å². The van der Waals surface area contributed by atoms with Crippen LogP contribution in [0.1, 0.15) is 49.8 Å². The Bertz CT molecular complexity index is 673. The molecule has 4 heteroatoms. The third kappa shape index (κ3) is 3.89. The molecule has 0 radical (unpaired) electrons. The monoisotopic (exact) mass is 313 g/mol. The van der Waals surface area contributed by atoms with Crippen molar-refractivity contribution in [3.05, 3.63) is 59.9 Å². The summed E-state index contributed by atoms with van der Waals surface area (Å²) < 4.78 is 7.31. The Morgan fingerprint density at radius 3 is 2.22 bits per heavy atom. The van der Waals surface area contributed by atoms with Crippen LogP contribution in [0.2, 0.25) is 0 Å². The van der Waals surface area contributed by atoms with Crippen molar-refractivity contribution in [1.29, 1.82) is 0 Å². The minimum absolute atomic E-state index is 0.00331. The number of benzene rings is 1. The zero-order chi connectivity index (χ0) is 17.0. The van der Waals surface area contributed by atoms with Gasteiger partial charge in [-0.25, -0.2) is 4.79 Å². The minimum Gasteiger partial charge on any atom is -0.449 e. The molecule has 0 spiro atoms. The van der Waals surface area contributed by atoms with Crippen molar-refractivity contribution in [2.24, 2.45) is 5.92 Å². The van der Waals surface area contributed by atoms with Gasteiger partial charge in [-0.3, -0.25) is 4.79 Å². The fraction of sp³-hybridized carbons (Fsp3) is 0.368. The van der Waals surface area contributed by atoms with Crippen LogP contribution in [0.3, 0.4) is 0 Å². The molecule has 0 amide bonds. The van der Waals surface area contributed by atoms with Gasteiger partial charge in [-0.05, 0) is 37.5 Å². The van der Waals surface area contributed by atoms with Crippen LogP contribution in [0, 0.1) is 5.92 Å². The SMILES string of the molecule is CC(=O)[C@@H](OC(=O)c1cccn1[C@H](C)c1ccccc1)C(C)C. The highest BCUT2D eigenvalue weighted by Crippen LogP contribution is 2.21. The maximum absolute atomic E-state index is 12.5. The van der Waals surface area contributed by atoms with Crippen LogP contribution in [-0.2, 0) is 9.53 Å². The van der Waals surface area contributed by atoms with E-state index < -0.39 is 12.1 Å². The molecule has 4 nitrogen and oxygen atoms in total. The molecule has 2 rings (SSSR count). The van der Waals surface area contributed by atoms with E-state index in [1.807, 2.05) is 67.9 Å². The van der Waals surface area contributed by atoms with Gasteiger partial charge in [0.15, 0.2) is 11.9 Å². The Morgan fingerprint density at radius 2 is 1.65 bits per heavy atom. The van der Waals surface area contributed by atoms with Crippen LogP contribution in [-0.4, -0.2) is 22.4 Å². The second-order valence-electron chi connectivity index (χ2n) is 6.07. The highest BCUT2D eigenvalue weighted by atomic mass is 16.5. The molecule has 0 fully saturated rings. The predicted molar refractivity (Wildman–Crippen MR) is 89.4 cm³/mol. The first-order chi connectivity index (χ1) is 10.9. The van der Waals surface area contributed by atoms with Crippen LogP contribution in [0.5, 0.6) is 0 Å². The van der Waals surface area contributed by atoms with E-state index in [0.717, 1.165) is 5.56 Å². The summed E-state index contributed by atoms with van der Waals surface area (Å²) in [6.07, 6.45) is 1.14. The number of aromatic nitrogens is 1. The van der Waals surface area contributed by atoms with Crippen LogP contribution >= 0.6 is 0 Å². The largest absolute Gasteiger partial charge is 0.449 e. The Labute approximate surface area is 137 Å². The maximum atomic E-state index is 12.5. The zero-order valence-electron chi connectivity index (χ0n) is 14.0. The van der Waals surface area contributed by atoms with E-state index in [4.69, 9.17) is 4.74 Å². The Balaban J connectivity index is 2.23. The molecule has 0 unspecified atom stereocenters. The third-order valence-corrected chi connectivity index (χ3v) is 3.93. The van der Waals surface area contributed by atoms with E-state index in [2.05, 4.69) is 0 Å². The number of Topliss-reactive ketones (excluding diaryl/α,β-unsaturated/α-hetero) is 1. The number of carbonyl (C=O) groups excluding carboxylic acids is 2. The molecular weight excluding hydrogens is 290 g/mol. The number of esters is 1. The van der Waals surface area contributed by atoms with E-state index in [1.54, 1.807) is 6.07 Å². The van der Waals surface area contributed by atoms with Crippen LogP contribution < -0.4 is 0 Å². The number of ketones is 1. The van der Waals surface area contributed by atoms with Crippen molar-refractivity contribution < 1.29 is 14.3 Å². The molecule has 0 aliphatic heterocycles. The third-order valence-electron chi connectivity index (χ3n) is 3.93. The van der Waals surface area contributed by atoms with Crippen molar-refractivity contribution in [3.63, 3.8) is 0 Å². The number of nitrogens with zero attached hydrogens (tertiary/aromatic N) is 1. The van der Waals surface area contributed by atoms with Crippen molar-refractivity contribution in [2.45, 2.75) is 39.8 Å². The molecule has 2 aromatic rings. The first kappa shape index (κ1) is 17.0. The van der Waals surface area contributed by atoms with Crippen LogP contribution in [0.4, 0.5) is 0 Å². The molecular formula is C19H23NO3. The van der Waals surface area contributed by atoms with Crippen molar-refractivity contribution in [1.82, 2.24) is 4.57 Å². The summed E-state index contributed by atoms with van der Waals surface area (Å²) in [5.41, 5.74) is 1.55. The van der Waals surface area contributed by atoms with Gasteiger partial charge in [0.1, 0.15) is 5.69 Å². The number of hydrogen-bond acceptors (Lipinski definition) is 3. The predicted octanol–water partition coefficient (Wildman–Crippen LogP) is 3.87. The van der Waals surface area contributed by atoms with E-state index >= 15 is 0 Å². The summed E-state index contributed by atoms with van der Waals surface area (Å²) in [6.45, 7) is 7.20. The quantitative estimate of drug-likeness (QED) is 0.761. The lowest BCUT2D eigenvalue weighted by molar-refractivity contribution is -0.127. The topological polar surface area (TPSA) is 48.3 Å². The number of ether oxygens (including phenoxy) is 1. The number of carbonyl (C=O) groups is 2. The zero-order valence-corrected chi connectivity index (χ0v) is 14.0. The lowest BCUT2D eigenvalue weighted by Gasteiger charge is -2.21. The average molecular weight is 313 g/mol. The fourth-order valence-corrected chi connectivity index (χ4v) is 2.66. The number of rotatable bonds is 6. The first-order valence-corrected chi connectivity index (χ1v) is 7.85. The van der Waals surface area contributed by atoms with Crippen molar-refractivity contribution in [3.8, 4) is 0 Å². The lowest BCUT2D eigenvalue weighted by Crippen LogP contribution is -2.31. The molecule has 0 saturated heterocycles. The van der Waals surface area contributed by atoms with Gasteiger partial charge < -0.3 is 9.30 Å². The molecule has 0 aliphatic carbocycles. The summed E-state index contributed by atoms with van der Waals surface area (Å²) in [4.78, 5) is 24.1. The molecule has 2 atom stereocenters. The minimum atomic E-state index is -0.710. The summed E-state index contributed by atoms with van der Waals surface area (Å²) >= 11 is 0. The fourth-order valence-electron chi connectivity index (χ4n) is 2.66. The molecule has 1 aromatic heterocycles. The van der Waals surface area contributed by atoms with E-state index in [0.29, 0.717) is 5.69 Å². The molecule has 1 aromatic carbocycles. The summed E-state index contributed by atoms with van der Waals surface area (Å²) in [7, 11) is 0. The average Bonchev–Trinajstić information content (AvgIpc) is 3.01. The first-order valence-electron chi connectivity index (χ1n) is 7.85. The summed E-state index contributed by atoms with van der Waals surface area (Å²) in [5.74, 6) is -0.652. The Hall–Kier alpha value is -2.36. The lowest BCUT2D eigenvalue weighted by atomic mass is 10.0. The molecule has 23 heavy (non-hydrogen) atoms. The summed E-state index contributed by atoms with van der Waals surface area (Å²) in [5, 5.41) is 0. The Kier molecular flexibility index (Phi) is 5.37. The van der Waals surface area contributed by atoms with E-state index in [9.17, 15) is 9.59 Å². The second kappa shape index (κ2) is 7.27. The molecule has 1 heterocycles. The molecule has 122 valence electrons. The highest BCUT2D eigenvalue weighted by Gasteiger charge is 2.25. The molecule has 0 N–H and O–H groups in total.